The Hall–Kier alpha value is -2.89. The van der Waals surface area contributed by atoms with E-state index in [1.165, 1.54) is 6.20 Å². The predicted octanol–water partition coefficient (Wildman–Crippen LogP) is 1.48. The first kappa shape index (κ1) is 15.5. The molecule has 0 aliphatic carbocycles. The van der Waals surface area contributed by atoms with Gasteiger partial charge in [-0.15, -0.1) is 0 Å². The van der Waals surface area contributed by atoms with E-state index in [0.29, 0.717) is 12.0 Å². The third kappa shape index (κ3) is 4.31. The molecule has 1 heterocycles. The number of nitrogens with one attached hydrogen (secondary N) is 2. The van der Waals surface area contributed by atoms with Gasteiger partial charge in [-0.3, -0.25) is 25.4 Å². The van der Waals surface area contributed by atoms with Crippen LogP contribution < -0.4 is 15.6 Å². The van der Waals surface area contributed by atoms with Crippen LogP contribution in [0.4, 0.5) is 0 Å². The maximum absolute atomic E-state index is 11.8. The van der Waals surface area contributed by atoms with Crippen LogP contribution in [0.2, 0.25) is 0 Å². The van der Waals surface area contributed by atoms with Crippen molar-refractivity contribution >= 4 is 11.8 Å². The number of para-hydroxylation sites is 1. The van der Waals surface area contributed by atoms with Gasteiger partial charge in [0.2, 0.25) is 5.91 Å². The summed E-state index contributed by atoms with van der Waals surface area (Å²) >= 11 is 0. The molecule has 2 N–H and O–H groups in total. The van der Waals surface area contributed by atoms with E-state index in [0.717, 1.165) is 11.3 Å². The Kier molecular flexibility index (Phi) is 5.48. The molecule has 1 aromatic carbocycles. The fourth-order valence-electron chi connectivity index (χ4n) is 1.92. The topological polar surface area (TPSA) is 80.3 Å². The van der Waals surface area contributed by atoms with Gasteiger partial charge in [0.1, 0.15) is 5.75 Å². The predicted molar refractivity (Wildman–Crippen MR) is 81.2 cm³/mol. The number of carbonyl (C=O) groups excluding carboxylic acids is 2. The van der Waals surface area contributed by atoms with Crippen molar-refractivity contribution in [2.24, 2.45) is 0 Å². The van der Waals surface area contributed by atoms with Gasteiger partial charge in [-0.05, 0) is 30.2 Å². The molecular weight excluding hydrogens is 282 g/mol. The Bertz CT molecular complexity index is 644. The molecule has 0 unspecified atom stereocenters. The number of aromatic nitrogens is 1. The molecule has 114 valence electrons. The molecule has 22 heavy (non-hydrogen) atoms. The third-order valence-electron chi connectivity index (χ3n) is 3.05. The van der Waals surface area contributed by atoms with Crippen molar-refractivity contribution in [1.29, 1.82) is 0 Å². The summed E-state index contributed by atoms with van der Waals surface area (Å²) in [4.78, 5) is 27.3. The van der Waals surface area contributed by atoms with Crippen LogP contribution in [-0.2, 0) is 11.2 Å². The van der Waals surface area contributed by atoms with Gasteiger partial charge < -0.3 is 4.74 Å². The van der Waals surface area contributed by atoms with E-state index >= 15 is 0 Å². The summed E-state index contributed by atoms with van der Waals surface area (Å²) in [5, 5.41) is 0. The van der Waals surface area contributed by atoms with Crippen molar-refractivity contribution in [2.75, 3.05) is 7.11 Å². The molecule has 0 atom stereocenters. The molecule has 0 fully saturated rings. The van der Waals surface area contributed by atoms with E-state index in [4.69, 9.17) is 4.74 Å². The van der Waals surface area contributed by atoms with Gasteiger partial charge in [-0.1, -0.05) is 18.2 Å². The highest BCUT2D eigenvalue weighted by molar-refractivity contribution is 5.95. The van der Waals surface area contributed by atoms with Crippen LogP contribution in [-0.4, -0.2) is 23.9 Å². The van der Waals surface area contributed by atoms with Gasteiger partial charge in [0.05, 0.1) is 12.7 Å². The molecule has 6 heteroatoms. The van der Waals surface area contributed by atoms with Crippen molar-refractivity contribution in [2.45, 2.75) is 12.8 Å². The van der Waals surface area contributed by atoms with Gasteiger partial charge in [-0.2, -0.15) is 0 Å². The van der Waals surface area contributed by atoms with Gasteiger partial charge >= 0.3 is 0 Å². The van der Waals surface area contributed by atoms with E-state index < -0.39 is 5.91 Å². The van der Waals surface area contributed by atoms with Crippen LogP contribution in [0.3, 0.4) is 0 Å². The van der Waals surface area contributed by atoms with Crippen LogP contribution in [0.5, 0.6) is 5.75 Å². The quantitative estimate of drug-likeness (QED) is 0.820. The fourth-order valence-corrected chi connectivity index (χ4v) is 1.92. The van der Waals surface area contributed by atoms with Crippen molar-refractivity contribution in [1.82, 2.24) is 15.8 Å². The standard InChI is InChI=1S/C16H17N3O3/c1-22-14-7-3-2-5-12(14)8-9-15(20)18-19-16(21)13-6-4-10-17-11-13/h2-7,10-11H,8-9H2,1H3,(H,18,20)(H,19,21). The Balaban J connectivity index is 1.80. The lowest BCUT2D eigenvalue weighted by atomic mass is 10.1. The molecule has 0 radical (unpaired) electrons. The summed E-state index contributed by atoms with van der Waals surface area (Å²) in [5.74, 6) is 0.0663. The molecule has 0 bridgehead atoms. The molecule has 0 saturated carbocycles. The highest BCUT2D eigenvalue weighted by Crippen LogP contribution is 2.18. The molecule has 1 aromatic heterocycles. The number of hydrogen-bond donors (Lipinski definition) is 2. The first-order valence-corrected chi connectivity index (χ1v) is 6.82. The average molecular weight is 299 g/mol. The molecule has 2 amide bonds. The highest BCUT2D eigenvalue weighted by atomic mass is 16.5. The lowest BCUT2D eigenvalue weighted by Crippen LogP contribution is -2.41. The number of methoxy groups -OCH3 is 1. The highest BCUT2D eigenvalue weighted by Gasteiger charge is 2.08. The van der Waals surface area contributed by atoms with Crippen LogP contribution in [0.25, 0.3) is 0 Å². The van der Waals surface area contributed by atoms with E-state index in [2.05, 4.69) is 15.8 Å². The van der Waals surface area contributed by atoms with Gasteiger partial charge in [-0.25, -0.2) is 0 Å². The van der Waals surface area contributed by atoms with Crippen LogP contribution in [0.15, 0.2) is 48.8 Å². The monoisotopic (exact) mass is 299 g/mol. The van der Waals surface area contributed by atoms with Gasteiger partial charge in [0.15, 0.2) is 0 Å². The molecule has 0 spiro atoms. The second kappa shape index (κ2) is 7.78. The zero-order chi connectivity index (χ0) is 15.8. The van der Waals surface area contributed by atoms with Crippen molar-refractivity contribution in [3.05, 3.63) is 59.9 Å². The average Bonchev–Trinajstić information content (AvgIpc) is 2.58. The summed E-state index contributed by atoms with van der Waals surface area (Å²) in [6.45, 7) is 0. The largest absolute Gasteiger partial charge is 0.496 e. The number of nitrogens with zero attached hydrogens (tertiary/aromatic N) is 1. The first-order chi connectivity index (χ1) is 10.7. The minimum atomic E-state index is -0.404. The number of hydrazine groups is 1. The molecule has 0 aliphatic rings. The lowest BCUT2D eigenvalue weighted by molar-refractivity contribution is -0.121. The molecule has 2 aromatic rings. The fraction of sp³-hybridized carbons (Fsp3) is 0.188. The van der Waals surface area contributed by atoms with E-state index in [1.807, 2.05) is 24.3 Å². The number of benzene rings is 1. The summed E-state index contributed by atoms with van der Waals surface area (Å²) < 4.78 is 5.23. The van der Waals surface area contributed by atoms with E-state index in [1.54, 1.807) is 25.4 Å². The van der Waals surface area contributed by atoms with E-state index in [9.17, 15) is 9.59 Å². The summed E-state index contributed by atoms with van der Waals surface area (Å²) in [6, 6.07) is 10.8. The summed E-state index contributed by atoms with van der Waals surface area (Å²) in [5.41, 5.74) is 6.06. The minimum Gasteiger partial charge on any atom is -0.496 e. The number of hydrogen-bond acceptors (Lipinski definition) is 4. The maximum atomic E-state index is 11.8. The Morgan fingerprint density at radius 3 is 2.68 bits per heavy atom. The number of pyridine rings is 1. The van der Waals surface area contributed by atoms with Gasteiger partial charge in [0, 0.05) is 18.8 Å². The Labute approximate surface area is 128 Å². The number of aryl methyl sites for hydroxylation is 1. The number of carbonyl (C=O) groups is 2. The lowest BCUT2D eigenvalue weighted by Gasteiger charge is -2.09. The second-order valence-electron chi connectivity index (χ2n) is 4.56. The number of ether oxygens (including phenoxy) is 1. The van der Waals surface area contributed by atoms with Gasteiger partial charge in [0.25, 0.3) is 5.91 Å². The van der Waals surface area contributed by atoms with Crippen LogP contribution in [0.1, 0.15) is 22.3 Å². The van der Waals surface area contributed by atoms with Crippen molar-refractivity contribution < 1.29 is 14.3 Å². The summed E-state index contributed by atoms with van der Waals surface area (Å²) in [6.07, 6.45) is 3.77. The first-order valence-electron chi connectivity index (χ1n) is 6.82. The zero-order valence-electron chi connectivity index (χ0n) is 12.2. The summed E-state index contributed by atoms with van der Waals surface area (Å²) in [7, 11) is 1.59. The van der Waals surface area contributed by atoms with Crippen molar-refractivity contribution in [3.63, 3.8) is 0 Å². The second-order valence-corrected chi connectivity index (χ2v) is 4.56. The molecule has 0 saturated heterocycles. The number of amides is 2. The molecule has 6 nitrogen and oxygen atoms in total. The minimum absolute atomic E-state index is 0.244. The molecule has 2 rings (SSSR count). The van der Waals surface area contributed by atoms with Crippen LogP contribution >= 0.6 is 0 Å². The van der Waals surface area contributed by atoms with Crippen molar-refractivity contribution in [3.8, 4) is 5.75 Å². The molecular formula is C16H17N3O3. The number of rotatable bonds is 5. The van der Waals surface area contributed by atoms with E-state index in [-0.39, 0.29) is 12.3 Å². The Morgan fingerprint density at radius 1 is 1.14 bits per heavy atom. The third-order valence-corrected chi connectivity index (χ3v) is 3.05. The van der Waals surface area contributed by atoms with Crippen LogP contribution in [0, 0.1) is 0 Å². The zero-order valence-corrected chi connectivity index (χ0v) is 12.2. The smallest absolute Gasteiger partial charge is 0.271 e. The maximum Gasteiger partial charge on any atom is 0.271 e. The SMILES string of the molecule is COc1ccccc1CCC(=O)NNC(=O)c1cccnc1. The molecule has 0 aliphatic heterocycles. The normalized spacial score (nSPS) is 9.86. The Morgan fingerprint density at radius 2 is 1.95 bits per heavy atom.